The summed E-state index contributed by atoms with van der Waals surface area (Å²) in [5.41, 5.74) is 9.02. The van der Waals surface area contributed by atoms with Gasteiger partial charge in [-0.3, -0.25) is 4.79 Å². The molecule has 0 aliphatic rings. The van der Waals surface area contributed by atoms with Gasteiger partial charge in [-0.25, -0.2) is 0 Å². The number of carbonyl (C=O) groups excluding carboxylic acids is 1. The van der Waals surface area contributed by atoms with Gasteiger partial charge in [-0.15, -0.1) is 11.8 Å². The van der Waals surface area contributed by atoms with Gasteiger partial charge in [0.15, 0.2) is 0 Å². The lowest BCUT2D eigenvalue weighted by Gasteiger charge is -2.01. The maximum atomic E-state index is 11.3. The van der Waals surface area contributed by atoms with E-state index >= 15 is 0 Å². The van der Waals surface area contributed by atoms with E-state index in [2.05, 4.69) is 10.0 Å². The number of ketones is 1. The van der Waals surface area contributed by atoms with Crippen molar-refractivity contribution in [3.05, 3.63) is 40.3 Å². The average molecular weight is 221 g/mol. The quantitative estimate of drug-likeness (QED) is 0.332. The molecule has 0 radical (unpaired) electrons. The zero-order chi connectivity index (χ0) is 11.1. The molecule has 78 valence electrons. The van der Waals surface area contributed by atoms with Crippen LogP contribution in [-0.4, -0.2) is 18.6 Å². The highest BCUT2D eigenvalue weighted by molar-refractivity contribution is 7.98. The summed E-state index contributed by atoms with van der Waals surface area (Å²) in [4.78, 5) is 15.0. The second kappa shape index (κ2) is 6.11. The highest BCUT2D eigenvalue weighted by Gasteiger charge is 2.02. The van der Waals surface area contributed by atoms with Crippen molar-refractivity contribution < 1.29 is 4.79 Å². The van der Waals surface area contributed by atoms with E-state index in [0.717, 1.165) is 10.5 Å². The normalized spacial score (nSPS) is 9.40. The number of carbonyl (C=O) groups is 1. The third kappa shape index (κ3) is 4.06. The number of Topliss-reactive ketones (excluding diaryl/α,β-unsaturated/α-hetero) is 1. The summed E-state index contributed by atoms with van der Waals surface area (Å²) in [5.74, 6) is -0.0638. The summed E-state index contributed by atoms with van der Waals surface area (Å²) in [6, 6.07) is 7.78. The van der Waals surface area contributed by atoms with Crippen molar-refractivity contribution in [3.63, 3.8) is 0 Å². The highest BCUT2D eigenvalue weighted by Crippen LogP contribution is 2.16. The number of nitrogens with zero attached hydrogens (tertiary/aromatic N) is 3. The molecule has 1 aromatic carbocycles. The lowest BCUT2D eigenvalue weighted by Crippen LogP contribution is -2.05. The fourth-order valence-corrected chi connectivity index (χ4v) is 1.66. The van der Waals surface area contributed by atoms with Gasteiger partial charge >= 0.3 is 0 Å². The Labute approximate surface area is 92.3 Å². The predicted molar refractivity (Wildman–Crippen MR) is 60.9 cm³/mol. The summed E-state index contributed by atoms with van der Waals surface area (Å²) in [7, 11) is 0. The maximum Gasteiger partial charge on any atom is 0.143 e. The molecular weight excluding hydrogens is 210 g/mol. The molecule has 1 aromatic rings. The average Bonchev–Trinajstić information content (AvgIpc) is 2.26. The molecule has 0 bridgehead atoms. The summed E-state index contributed by atoms with van der Waals surface area (Å²) in [5, 5.41) is 3.24. The van der Waals surface area contributed by atoms with Gasteiger partial charge in [-0.2, -0.15) is 0 Å². The van der Waals surface area contributed by atoms with Gasteiger partial charge in [-0.05, 0) is 29.5 Å². The SMILES string of the molecule is CSc1cccc(CC(=O)CN=[N+]=[N-])c1. The smallest absolute Gasteiger partial charge is 0.143 e. The molecule has 5 heteroatoms. The van der Waals surface area contributed by atoms with Crippen molar-refractivity contribution in [1.82, 2.24) is 0 Å². The van der Waals surface area contributed by atoms with Gasteiger partial charge in [0.1, 0.15) is 5.78 Å². The minimum Gasteiger partial charge on any atom is -0.299 e. The largest absolute Gasteiger partial charge is 0.299 e. The molecule has 15 heavy (non-hydrogen) atoms. The minimum atomic E-state index is -0.0694. The standard InChI is InChI=1S/C10H11N3OS/c1-15-10-4-2-3-8(6-10)5-9(14)7-12-13-11/h2-4,6H,5,7H2,1H3. The van der Waals surface area contributed by atoms with E-state index in [1.165, 1.54) is 0 Å². The predicted octanol–water partition coefficient (Wildman–Crippen LogP) is 2.83. The van der Waals surface area contributed by atoms with Gasteiger partial charge in [0.2, 0.25) is 0 Å². The summed E-state index contributed by atoms with van der Waals surface area (Å²) in [6.45, 7) is -0.0694. The molecule has 0 atom stereocenters. The van der Waals surface area contributed by atoms with E-state index in [4.69, 9.17) is 5.53 Å². The van der Waals surface area contributed by atoms with Crippen molar-refractivity contribution >= 4 is 17.5 Å². The molecule has 1 rings (SSSR count). The lowest BCUT2D eigenvalue weighted by atomic mass is 10.1. The van der Waals surface area contributed by atoms with Crippen LogP contribution >= 0.6 is 11.8 Å². The molecule has 0 saturated heterocycles. The van der Waals surface area contributed by atoms with Crippen LogP contribution in [0.4, 0.5) is 0 Å². The summed E-state index contributed by atoms with van der Waals surface area (Å²) < 4.78 is 0. The topological polar surface area (TPSA) is 65.8 Å². The number of thioether (sulfide) groups is 1. The van der Waals surface area contributed by atoms with Crippen LogP contribution in [0.5, 0.6) is 0 Å². The first-order valence-corrected chi connectivity index (χ1v) is 5.64. The molecule has 0 aliphatic carbocycles. The zero-order valence-corrected chi connectivity index (χ0v) is 9.20. The van der Waals surface area contributed by atoms with E-state index in [1.807, 2.05) is 30.5 Å². The van der Waals surface area contributed by atoms with Crippen molar-refractivity contribution in [1.29, 1.82) is 0 Å². The number of azide groups is 1. The zero-order valence-electron chi connectivity index (χ0n) is 8.38. The Bertz CT molecular complexity index is 399. The van der Waals surface area contributed by atoms with Gasteiger partial charge in [0, 0.05) is 16.2 Å². The van der Waals surface area contributed by atoms with E-state index in [9.17, 15) is 4.79 Å². The summed E-state index contributed by atoms with van der Waals surface area (Å²) >= 11 is 1.63. The molecule has 0 aromatic heterocycles. The molecule has 0 aliphatic heterocycles. The van der Waals surface area contributed by atoms with Crippen molar-refractivity contribution in [2.75, 3.05) is 12.8 Å². The molecule has 0 N–H and O–H groups in total. The van der Waals surface area contributed by atoms with Crippen molar-refractivity contribution in [3.8, 4) is 0 Å². The number of hydrogen-bond donors (Lipinski definition) is 0. The minimum absolute atomic E-state index is 0.0638. The fourth-order valence-electron chi connectivity index (χ4n) is 1.18. The maximum absolute atomic E-state index is 11.3. The second-order valence-electron chi connectivity index (χ2n) is 2.96. The van der Waals surface area contributed by atoms with Crippen LogP contribution in [0.3, 0.4) is 0 Å². The Morgan fingerprint density at radius 2 is 2.40 bits per heavy atom. The van der Waals surface area contributed by atoms with Crippen molar-refractivity contribution in [2.45, 2.75) is 11.3 Å². The van der Waals surface area contributed by atoms with Crippen molar-refractivity contribution in [2.24, 2.45) is 5.11 Å². The van der Waals surface area contributed by atoms with E-state index in [1.54, 1.807) is 11.8 Å². The van der Waals surface area contributed by atoms with Crippen LogP contribution < -0.4 is 0 Å². The molecule has 0 fully saturated rings. The van der Waals surface area contributed by atoms with Gasteiger partial charge in [0.25, 0.3) is 0 Å². The first kappa shape index (κ1) is 11.6. The van der Waals surface area contributed by atoms with Gasteiger partial charge in [-0.1, -0.05) is 17.2 Å². The summed E-state index contributed by atoms with van der Waals surface area (Å²) in [6.07, 6.45) is 2.31. The number of benzene rings is 1. The number of hydrogen-bond acceptors (Lipinski definition) is 3. The van der Waals surface area contributed by atoms with E-state index < -0.39 is 0 Å². The second-order valence-corrected chi connectivity index (χ2v) is 3.84. The van der Waals surface area contributed by atoms with Crippen LogP contribution in [0.25, 0.3) is 10.4 Å². The fraction of sp³-hybridized carbons (Fsp3) is 0.300. The highest BCUT2D eigenvalue weighted by atomic mass is 32.2. The number of rotatable bonds is 5. The molecule has 4 nitrogen and oxygen atoms in total. The third-order valence-corrected chi connectivity index (χ3v) is 2.57. The van der Waals surface area contributed by atoms with E-state index in [0.29, 0.717) is 6.42 Å². The van der Waals surface area contributed by atoms with Crippen LogP contribution in [0, 0.1) is 0 Å². The molecule has 0 heterocycles. The first-order chi connectivity index (χ1) is 7.26. The Morgan fingerprint density at radius 3 is 3.07 bits per heavy atom. The molecule has 0 saturated carbocycles. The van der Waals surface area contributed by atoms with Crippen LogP contribution in [0.15, 0.2) is 34.3 Å². The van der Waals surface area contributed by atoms with E-state index in [-0.39, 0.29) is 12.3 Å². The van der Waals surface area contributed by atoms with Gasteiger partial charge < -0.3 is 0 Å². The third-order valence-electron chi connectivity index (χ3n) is 1.85. The van der Waals surface area contributed by atoms with Crippen LogP contribution in [0.1, 0.15) is 5.56 Å². The molecule has 0 spiro atoms. The van der Waals surface area contributed by atoms with Crippen LogP contribution in [-0.2, 0) is 11.2 Å². The Morgan fingerprint density at radius 1 is 1.60 bits per heavy atom. The Balaban J connectivity index is 2.63. The lowest BCUT2D eigenvalue weighted by molar-refractivity contribution is -0.117. The molecule has 0 unspecified atom stereocenters. The molecular formula is C10H11N3OS. The monoisotopic (exact) mass is 221 g/mol. The Hall–Kier alpha value is -1.45. The first-order valence-electron chi connectivity index (χ1n) is 4.41. The van der Waals surface area contributed by atoms with Gasteiger partial charge in [0.05, 0.1) is 6.54 Å². The van der Waals surface area contributed by atoms with Crippen LogP contribution in [0.2, 0.25) is 0 Å². The Kier molecular flexibility index (Phi) is 4.74. The molecule has 0 amide bonds.